The van der Waals surface area contributed by atoms with Crippen LogP contribution in [0.2, 0.25) is 0 Å². The molecule has 2 N–H and O–H groups in total. The normalized spacial score (nSPS) is 12.8. The molecule has 1 atom stereocenters. The topological polar surface area (TPSA) is 44.5 Å². The van der Waals surface area contributed by atoms with Gasteiger partial charge >= 0.3 is 6.61 Å². The second-order valence-electron chi connectivity index (χ2n) is 3.51. The van der Waals surface area contributed by atoms with Gasteiger partial charge < -0.3 is 15.2 Å². The van der Waals surface area contributed by atoms with Gasteiger partial charge in [0.1, 0.15) is 5.75 Å². The molecule has 1 aromatic rings. The van der Waals surface area contributed by atoms with Crippen molar-refractivity contribution in [1.29, 1.82) is 0 Å². The van der Waals surface area contributed by atoms with Crippen LogP contribution in [0.15, 0.2) is 24.3 Å². The Morgan fingerprint density at radius 3 is 2.38 bits per heavy atom. The van der Waals surface area contributed by atoms with Crippen molar-refractivity contribution in [2.45, 2.75) is 26.2 Å². The minimum Gasteiger partial charge on any atom is -0.435 e. The molecular weight excluding hydrogens is 216 g/mol. The monoisotopic (exact) mass is 231 g/mol. The van der Waals surface area contributed by atoms with Gasteiger partial charge in [0.25, 0.3) is 0 Å². The lowest BCUT2D eigenvalue weighted by atomic mass is 10.2. The van der Waals surface area contributed by atoms with Gasteiger partial charge in [-0.15, -0.1) is 0 Å². The van der Waals surface area contributed by atoms with Crippen molar-refractivity contribution in [3.05, 3.63) is 29.8 Å². The molecule has 1 rings (SSSR count). The first-order valence-corrected chi connectivity index (χ1v) is 4.95. The lowest BCUT2D eigenvalue weighted by Gasteiger charge is -2.08. The molecule has 0 amide bonds. The van der Waals surface area contributed by atoms with E-state index in [1.165, 1.54) is 12.1 Å². The highest BCUT2D eigenvalue weighted by molar-refractivity contribution is 5.26. The number of ether oxygens (including phenoxy) is 2. The van der Waals surface area contributed by atoms with Crippen molar-refractivity contribution in [3.63, 3.8) is 0 Å². The molecule has 0 aliphatic carbocycles. The number of halogens is 2. The van der Waals surface area contributed by atoms with Gasteiger partial charge in [-0.1, -0.05) is 12.1 Å². The Morgan fingerprint density at radius 2 is 1.88 bits per heavy atom. The van der Waals surface area contributed by atoms with Crippen molar-refractivity contribution in [3.8, 4) is 5.75 Å². The zero-order valence-electron chi connectivity index (χ0n) is 9.03. The van der Waals surface area contributed by atoms with Gasteiger partial charge in [-0.05, 0) is 24.6 Å². The maximum atomic E-state index is 11.9. The molecule has 90 valence electrons. The standard InChI is InChI=1S/C11H15F2NO2/c1-8(14)6-15-7-9-2-4-10(5-3-9)16-11(12)13/h2-5,8,11H,6-7,14H2,1H3/t8-/m0/s1. The summed E-state index contributed by atoms with van der Waals surface area (Å²) in [7, 11) is 0. The van der Waals surface area contributed by atoms with Crippen LogP contribution in [-0.4, -0.2) is 19.3 Å². The summed E-state index contributed by atoms with van der Waals surface area (Å²) in [6.45, 7) is -0.0640. The molecule has 0 saturated heterocycles. The molecule has 0 heterocycles. The van der Waals surface area contributed by atoms with E-state index in [0.29, 0.717) is 13.2 Å². The highest BCUT2D eigenvalue weighted by atomic mass is 19.3. The van der Waals surface area contributed by atoms with Crippen LogP contribution in [-0.2, 0) is 11.3 Å². The third-order valence-corrected chi connectivity index (χ3v) is 1.80. The van der Waals surface area contributed by atoms with E-state index in [-0.39, 0.29) is 11.8 Å². The van der Waals surface area contributed by atoms with Crippen molar-refractivity contribution >= 4 is 0 Å². The molecular formula is C11H15F2NO2. The molecule has 0 aliphatic rings. The summed E-state index contributed by atoms with van der Waals surface area (Å²) >= 11 is 0. The molecule has 0 aliphatic heterocycles. The maximum absolute atomic E-state index is 11.9. The maximum Gasteiger partial charge on any atom is 0.387 e. The minimum atomic E-state index is -2.79. The van der Waals surface area contributed by atoms with Crippen LogP contribution >= 0.6 is 0 Å². The minimum absolute atomic E-state index is 0.0126. The Morgan fingerprint density at radius 1 is 1.25 bits per heavy atom. The molecule has 0 spiro atoms. The Labute approximate surface area is 93.2 Å². The van der Waals surface area contributed by atoms with E-state index < -0.39 is 6.61 Å². The molecule has 0 saturated carbocycles. The number of hydrogen-bond donors (Lipinski definition) is 1. The number of alkyl halides is 2. The fourth-order valence-corrected chi connectivity index (χ4v) is 1.13. The third kappa shape index (κ3) is 5.04. The highest BCUT2D eigenvalue weighted by Gasteiger charge is 2.03. The summed E-state index contributed by atoms with van der Waals surface area (Å²) in [5.41, 5.74) is 6.40. The van der Waals surface area contributed by atoms with E-state index in [0.717, 1.165) is 5.56 Å². The first-order chi connectivity index (χ1) is 7.58. The van der Waals surface area contributed by atoms with E-state index in [9.17, 15) is 8.78 Å². The molecule has 1 aromatic carbocycles. The van der Waals surface area contributed by atoms with Crippen molar-refractivity contribution in [1.82, 2.24) is 0 Å². The van der Waals surface area contributed by atoms with E-state index in [1.807, 2.05) is 6.92 Å². The van der Waals surface area contributed by atoms with Gasteiger partial charge in [-0.2, -0.15) is 8.78 Å². The number of hydrogen-bond acceptors (Lipinski definition) is 3. The zero-order chi connectivity index (χ0) is 12.0. The Bertz CT molecular complexity index is 301. The second kappa shape index (κ2) is 6.40. The van der Waals surface area contributed by atoms with Crippen molar-refractivity contribution in [2.75, 3.05) is 6.61 Å². The van der Waals surface area contributed by atoms with Gasteiger partial charge in [-0.25, -0.2) is 0 Å². The highest BCUT2D eigenvalue weighted by Crippen LogP contribution is 2.15. The van der Waals surface area contributed by atoms with E-state index in [1.54, 1.807) is 12.1 Å². The smallest absolute Gasteiger partial charge is 0.387 e. The number of nitrogens with two attached hydrogens (primary N) is 1. The second-order valence-corrected chi connectivity index (χ2v) is 3.51. The predicted octanol–water partition coefficient (Wildman–Crippen LogP) is 2.15. The number of rotatable bonds is 6. The fourth-order valence-electron chi connectivity index (χ4n) is 1.13. The SMILES string of the molecule is C[C@H](N)COCc1ccc(OC(F)F)cc1. The Kier molecular flexibility index (Phi) is 5.14. The summed E-state index contributed by atoms with van der Waals surface area (Å²) in [6, 6.07) is 6.31. The zero-order valence-corrected chi connectivity index (χ0v) is 9.03. The average molecular weight is 231 g/mol. The van der Waals surface area contributed by atoms with E-state index >= 15 is 0 Å². The van der Waals surface area contributed by atoms with Gasteiger partial charge in [0, 0.05) is 6.04 Å². The van der Waals surface area contributed by atoms with Crippen LogP contribution in [0.4, 0.5) is 8.78 Å². The fraction of sp³-hybridized carbons (Fsp3) is 0.455. The Hall–Kier alpha value is -1.20. The van der Waals surface area contributed by atoms with Gasteiger partial charge in [0.15, 0.2) is 0 Å². The van der Waals surface area contributed by atoms with Gasteiger partial charge in [0.2, 0.25) is 0 Å². The average Bonchev–Trinajstić information content (AvgIpc) is 2.19. The summed E-state index contributed by atoms with van der Waals surface area (Å²) < 4.78 is 33.2. The lowest BCUT2D eigenvalue weighted by molar-refractivity contribution is -0.0498. The molecule has 0 fully saturated rings. The molecule has 16 heavy (non-hydrogen) atoms. The van der Waals surface area contributed by atoms with Crippen molar-refractivity contribution < 1.29 is 18.3 Å². The van der Waals surface area contributed by atoms with E-state index in [2.05, 4.69) is 4.74 Å². The first kappa shape index (κ1) is 12.9. The first-order valence-electron chi connectivity index (χ1n) is 4.95. The summed E-state index contributed by atoms with van der Waals surface area (Å²) in [6.07, 6.45) is 0. The Balaban J connectivity index is 2.39. The summed E-state index contributed by atoms with van der Waals surface area (Å²) in [4.78, 5) is 0. The summed E-state index contributed by atoms with van der Waals surface area (Å²) in [5.74, 6) is 0.144. The predicted molar refractivity (Wildman–Crippen MR) is 56.4 cm³/mol. The van der Waals surface area contributed by atoms with Crippen LogP contribution in [0.3, 0.4) is 0 Å². The van der Waals surface area contributed by atoms with Crippen LogP contribution in [0.1, 0.15) is 12.5 Å². The van der Waals surface area contributed by atoms with Crippen LogP contribution in [0.5, 0.6) is 5.75 Å². The third-order valence-electron chi connectivity index (χ3n) is 1.80. The molecule has 0 aromatic heterocycles. The quantitative estimate of drug-likeness (QED) is 0.815. The summed E-state index contributed by atoms with van der Waals surface area (Å²) in [5, 5.41) is 0. The molecule has 0 radical (unpaired) electrons. The lowest BCUT2D eigenvalue weighted by Crippen LogP contribution is -2.21. The van der Waals surface area contributed by atoms with E-state index in [4.69, 9.17) is 10.5 Å². The largest absolute Gasteiger partial charge is 0.435 e. The molecule has 5 heteroatoms. The van der Waals surface area contributed by atoms with Crippen molar-refractivity contribution in [2.24, 2.45) is 5.73 Å². The van der Waals surface area contributed by atoms with Crippen LogP contribution in [0.25, 0.3) is 0 Å². The van der Waals surface area contributed by atoms with Gasteiger partial charge in [0.05, 0.1) is 13.2 Å². The molecule has 3 nitrogen and oxygen atoms in total. The molecule has 0 bridgehead atoms. The number of benzene rings is 1. The van der Waals surface area contributed by atoms with Gasteiger partial charge in [-0.3, -0.25) is 0 Å². The van der Waals surface area contributed by atoms with Crippen LogP contribution in [0, 0.1) is 0 Å². The van der Waals surface area contributed by atoms with Crippen LogP contribution < -0.4 is 10.5 Å². The molecule has 0 unspecified atom stereocenters.